The van der Waals surface area contributed by atoms with Gasteiger partial charge in [-0.25, -0.2) is 0 Å². The van der Waals surface area contributed by atoms with E-state index in [9.17, 15) is 0 Å². The first-order valence-corrected chi connectivity index (χ1v) is 8.10. The monoisotopic (exact) mass is 301 g/mol. The number of hydrogen-bond donors (Lipinski definition) is 0. The van der Waals surface area contributed by atoms with Crippen molar-refractivity contribution in [2.75, 3.05) is 20.3 Å². The molecule has 1 fully saturated rings. The first kappa shape index (κ1) is 14.0. The van der Waals surface area contributed by atoms with Gasteiger partial charge in [-0.05, 0) is 24.8 Å². The van der Waals surface area contributed by atoms with Gasteiger partial charge in [0.1, 0.15) is 0 Å². The van der Waals surface area contributed by atoms with Crippen LogP contribution in [0.2, 0.25) is 0 Å². The van der Waals surface area contributed by atoms with Gasteiger partial charge in [0.25, 0.3) is 0 Å². The molecule has 0 N–H and O–H groups in total. The molecule has 0 amide bonds. The van der Waals surface area contributed by atoms with Crippen molar-refractivity contribution in [2.45, 2.75) is 38.4 Å². The summed E-state index contributed by atoms with van der Waals surface area (Å²) in [5, 5.41) is 4.66. The number of aromatic nitrogens is 2. The lowest BCUT2D eigenvalue weighted by atomic mass is 9.95. The molecule has 4 rings (SSSR count). The minimum atomic E-state index is 0.411. The Morgan fingerprint density at radius 2 is 2.32 bits per heavy atom. The van der Waals surface area contributed by atoms with E-state index in [0.29, 0.717) is 5.92 Å². The Balaban J connectivity index is 1.56. The van der Waals surface area contributed by atoms with Gasteiger partial charge in [0.15, 0.2) is 0 Å². The Morgan fingerprint density at radius 1 is 1.41 bits per heavy atom. The van der Waals surface area contributed by atoms with Crippen LogP contribution in [0.5, 0.6) is 0 Å². The number of rotatable bonds is 6. The smallest absolute Gasteiger partial charge is 0.0947 e. The number of methoxy groups -OCH3 is 1. The quantitative estimate of drug-likeness (QED) is 0.822. The molecule has 5 nitrogen and oxygen atoms in total. The van der Waals surface area contributed by atoms with E-state index in [1.807, 2.05) is 12.3 Å². The Kier molecular flexibility index (Phi) is 3.76. The molecule has 1 atom stereocenters. The summed E-state index contributed by atoms with van der Waals surface area (Å²) in [4.78, 5) is 2.47. The van der Waals surface area contributed by atoms with Gasteiger partial charge in [-0.1, -0.05) is 0 Å². The molecule has 5 heteroatoms. The molecule has 1 aliphatic heterocycles. The van der Waals surface area contributed by atoms with Gasteiger partial charge in [-0.2, -0.15) is 5.10 Å². The fourth-order valence-corrected chi connectivity index (χ4v) is 3.43. The van der Waals surface area contributed by atoms with Crippen molar-refractivity contribution in [3.8, 4) is 0 Å². The zero-order valence-corrected chi connectivity index (χ0v) is 13.1. The fourth-order valence-electron chi connectivity index (χ4n) is 3.43. The van der Waals surface area contributed by atoms with E-state index < -0.39 is 0 Å². The van der Waals surface area contributed by atoms with Crippen molar-refractivity contribution in [1.29, 1.82) is 0 Å². The third kappa shape index (κ3) is 2.83. The van der Waals surface area contributed by atoms with Gasteiger partial charge < -0.3 is 9.15 Å². The predicted octanol–water partition coefficient (Wildman–Crippen LogP) is 2.63. The van der Waals surface area contributed by atoms with E-state index in [-0.39, 0.29) is 0 Å². The molecule has 0 spiro atoms. The van der Waals surface area contributed by atoms with Crippen molar-refractivity contribution in [3.63, 3.8) is 0 Å². The highest BCUT2D eigenvalue weighted by Crippen LogP contribution is 2.34. The molecule has 2 aromatic heterocycles. The number of ether oxygens (including phenoxy) is 1. The van der Waals surface area contributed by atoms with Crippen LogP contribution < -0.4 is 0 Å². The second-order valence-corrected chi connectivity index (χ2v) is 6.63. The van der Waals surface area contributed by atoms with Gasteiger partial charge in [0, 0.05) is 50.3 Å². The van der Waals surface area contributed by atoms with Gasteiger partial charge in [0.05, 0.1) is 31.0 Å². The Bertz CT molecular complexity index is 616. The van der Waals surface area contributed by atoms with E-state index in [1.54, 1.807) is 13.4 Å². The molecular weight excluding hydrogens is 278 g/mol. The maximum absolute atomic E-state index is 5.44. The molecule has 2 aliphatic rings. The topological polar surface area (TPSA) is 43.4 Å². The van der Waals surface area contributed by atoms with Crippen LogP contribution in [-0.2, 0) is 24.4 Å². The first-order chi connectivity index (χ1) is 10.8. The molecular formula is C17H23N3O2. The average molecular weight is 301 g/mol. The molecule has 0 bridgehead atoms. The highest BCUT2D eigenvalue weighted by Gasteiger charge is 2.31. The van der Waals surface area contributed by atoms with Crippen molar-refractivity contribution in [1.82, 2.24) is 14.7 Å². The van der Waals surface area contributed by atoms with E-state index >= 15 is 0 Å². The van der Waals surface area contributed by atoms with Crippen LogP contribution in [0, 0.1) is 5.92 Å². The summed E-state index contributed by atoms with van der Waals surface area (Å²) in [6.07, 6.45) is 8.36. The number of fused-ring (bicyclic) bond motifs is 1. The van der Waals surface area contributed by atoms with Crippen LogP contribution in [0.25, 0.3) is 0 Å². The van der Waals surface area contributed by atoms with E-state index in [4.69, 9.17) is 9.15 Å². The summed E-state index contributed by atoms with van der Waals surface area (Å²) in [5.41, 5.74) is 3.99. The van der Waals surface area contributed by atoms with Gasteiger partial charge >= 0.3 is 0 Å². The molecule has 0 aromatic carbocycles. The Morgan fingerprint density at radius 3 is 3.05 bits per heavy atom. The summed E-state index contributed by atoms with van der Waals surface area (Å²) in [5.74, 6) is 1.25. The Labute approximate surface area is 130 Å². The third-order valence-corrected chi connectivity index (χ3v) is 4.75. The van der Waals surface area contributed by atoms with Crippen LogP contribution in [0.4, 0.5) is 0 Å². The highest BCUT2D eigenvalue weighted by atomic mass is 16.5. The standard InChI is InChI=1S/C17H23N3O2/c1-21-12-15-9-19(7-14-4-5-22-11-14)10-17-16(15)6-18-20(17)8-13-2-3-13/h4-6,11,13,15H,2-3,7-10,12H2,1H3/t15-/m0/s1. The zero-order chi connectivity index (χ0) is 14.9. The van der Waals surface area contributed by atoms with Gasteiger partial charge in [-0.3, -0.25) is 9.58 Å². The molecule has 1 aliphatic carbocycles. The lowest BCUT2D eigenvalue weighted by Crippen LogP contribution is -2.35. The van der Waals surface area contributed by atoms with Crippen molar-refractivity contribution >= 4 is 0 Å². The minimum Gasteiger partial charge on any atom is -0.472 e. The van der Waals surface area contributed by atoms with Crippen molar-refractivity contribution < 1.29 is 9.15 Å². The molecule has 0 radical (unpaired) electrons. The number of hydrogen-bond acceptors (Lipinski definition) is 4. The number of nitrogens with zero attached hydrogens (tertiary/aromatic N) is 3. The maximum atomic E-state index is 5.44. The zero-order valence-electron chi connectivity index (χ0n) is 13.1. The molecule has 0 saturated heterocycles. The van der Waals surface area contributed by atoms with Crippen LogP contribution in [0.15, 0.2) is 29.2 Å². The molecule has 0 unspecified atom stereocenters. The summed E-state index contributed by atoms with van der Waals surface area (Å²) in [7, 11) is 1.78. The van der Waals surface area contributed by atoms with Crippen LogP contribution >= 0.6 is 0 Å². The predicted molar refractivity (Wildman–Crippen MR) is 82.4 cm³/mol. The average Bonchev–Trinajstić information content (AvgIpc) is 3.01. The largest absolute Gasteiger partial charge is 0.472 e. The first-order valence-electron chi connectivity index (χ1n) is 8.10. The molecule has 22 heavy (non-hydrogen) atoms. The summed E-state index contributed by atoms with van der Waals surface area (Å²) in [6.45, 7) is 4.73. The summed E-state index contributed by atoms with van der Waals surface area (Å²) in [6, 6.07) is 2.04. The summed E-state index contributed by atoms with van der Waals surface area (Å²) >= 11 is 0. The SMILES string of the molecule is COC[C@@H]1CN(Cc2ccoc2)Cc2c1cnn2CC1CC1. The van der Waals surface area contributed by atoms with E-state index in [1.165, 1.54) is 29.7 Å². The summed E-state index contributed by atoms with van der Waals surface area (Å²) < 4.78 is 12.9. The number of furan rings is 1. The Hall–Kier alpha value is -1.59. The maximum Gasteiger partial charge on any atom is 0.0947 e. The lowest BCUT2D eigenvalue weighted by molar-refractivity contribution is 0.133. The lowest BCUT2D eigenvalue weighted by Gasteiger charge is -2.32. The molecule has 2 aromatic rings. The molecule has 118 valence electrons. The van der Waals surface area contributed by atoms with Crippen LogP contribution in [-0.4, -0.2) is 34.9 Å². The second-order valence-electron chi connectivity index (χ2n) is 6.63. The van der Waals surface area contributed by atoms with Gasteiger partial charge in [0.2, 0.25) is 0 Å². The molecule has 1 saturated carbocycles. The van der Waals surface area contributed by atoms with Gasteiger partial charge in [-0.15, -0.1) is 0 Å². The van der Waals surface area contributed by atoms with Crippen LogP contribution in [0.3, 0.4) is 0 Å². The van der Waals surface area contributed by atoms with Crippen molar-refractivity contribution in [3.05, 3.63) is 41.6 Å². The highest BCUT2D eigenvalue weighted by molar-refractivity contribution is 5.26. The van der Waals surface area contributed by atoms with Crippen LogP contribution in [0.1, 0.15) is 35.6 Å². The molecule has 3 heterocycles. The second kappa shape index (κ2) is 5.89. The minimum absolute atomic E-state index is 0.411. The van der Waals surface area contributed by atoms with Crippen molar-refractivity contribution in [2.24, 2.45) is 5.92 Å². The normalized spacial score (nSPS) is 22.0. The third-order valence-electron chi connectivity index (χ3n) is 4.75. The van der Waals surface area contributed by atoms with E-state index in [2.05, 4.69) is 20.9 Å². The van der Waals surface area contributed by atoms with E-state index in [0.717, 1.165) is 38.7 Å². The fraction of sp³-hybridized carbons (Fsp3) is 0.588.